The fourth-order valence-electron chi connectivity index (χ4n) is 7.45. The van der Waals surface area contributed by atoms with Crippen molar-refractivity contribution >= 4 is 60.8 Å². The number of rotatable bonds is 2. The molecular weight excluding hydrogens is 624 g/mol. The Bertz CT molecular complexity index is 2410. The van der Waals surface area contributed by atoms with Gasteiger partial charge in [-0.05, 0) is 65.2 Å². The van der Waals surface area contributed by atoms with Gasteiger partial charge in [0.1, 0.15) is 17.5 Å². The molecule has 0 aromatic heterocycles. The second kappa shape index (κ2) is 11.4. The Labute approximate surface area is 288 Å². The van der Waals surface area contributed by atoms with Crippen LogP contribution >= 0.6 is 0 Å². The van der Waals surface area contributed by atoms with Crippen LogP contribution in [0.5, 0.6) is 11.5 Å². The van der Waals surface area contributed by atoms with E-state index in [1.54, 1.807) is 29.2 Å². The summed E-state index contributed by atoms with van der Waals surface area (Å²) in [5, 5.41) is 30.4. The number of carbonyl (C=O) groups excluding carboxylic acids is 3. The van der Waals surface area contributed by atoms with E-state index in [1.165, 1.54) is 0 Å². The number of phenols is 2. The van der Waals surface area contributed by atoms with Gasteiger partial charge in [0.2, 0.25) is 5.91 Å². The lowest BCUT2D eigenvalue weighted by Gasteiger charge is -2.48. The molecule has 2 aliphatic heterocycles. The van der Waals surface area contributed by atoms with Gasteiger partial charge < -0.3 is 15.1 Å². The Morgan fingerprint density at radius 1 is 0.500 bits per heavy atom. The van der Waals surface area contributed by atoms with Crippen molar-refractivity contribution in [2.24, 2.45) is 0 Å². The second-order valence-electron chi connectivity index (χ2n) is 13.8. The average molecular weight is 659 g/mol. The summed E-state index contributed by atoms with van der Waals surface area (Å²) in [5.41, 5.74) is 1.83. The van der Waals surface area contributed by atoms with E-state index in [2.05, 4.69) is 12.1 Å². The summed E-state index contributed by atoms with van der Waals surface area (Å²) in [4.78, 5) is 39.6. The smallest absolute Gasteiger partial charge is 0.262 e. The van der Waals surface area contributed by atoms with Crippen molar-refractivity contribution in [3.8, 4) is 22.6 Å². The molecule has 2 heterocycles. The molecule has 7 nitrogen and oxygen atoms in total. The van der Waals surface area contributed by atoms with Crippen molar-refractivity contribution < 1.29 is 24.6 Å². The standard InChI is InChI=1S/C28H18O2.C15H16N2O3/c29-27-23-15-7-3-11-19(23)17-9-1-5-13-21(17)25(27)26-22-14-6-2-10-18(22)20-12-4-8-16-24(20)28(26)30;1-15(2,3)16-8-11(14(16)20)17-12(18)9-6-4-5-7-10(9)13(17)19/h1-16,29-30H;4-7,11H,8H2,1-3H3. The van der Waals surface area contributed by atoms with Crippen LogP contribution in [0.4, 0.5) is 0 Å². The molecule has 7 heteroatoms. The normalized spacial score (nSPS) is 15.8. The first kappa shape index (κ1) is 31.1. The van der Waals surface area contributed by atoms with Gasteiger partial charge in [-0.1, -0.05) is 109 Å². The molecule has 0 bridgehead atoms. The largest absolute Gasteiger partial charge is 0.507 e. The highest BCUT2D eigenvalue weighted by molar-refractivity contribution is 6.25. The first-order valence-electron chi connectivity index (χ1n) is 16.6. The summed E-state index contributed by atoms with van der Waals surface area (Å²) in [5.74, 6) is -0.498. The Kier molecular flexibility index (Phi) is 7.12. The number of β-lactam (4-membered cyclic amide) rings is 1. The molecule has 9 rings (SSSR count). The van der Waals surface area contributed by atoms with E-state index >= 15 is 0 Å². The Morgan fingerprint density at radius 2 is 0.820 bits per heavy atom. The van der Waals surface area contributed by atoms with Gasteiger partial charge in [-0.15, -0.1) is 0 Å². The third kappa shape index (κ3) is 4.61. The van der Waals surface area contributed by atoms with Crippen LogP contribution in [-0.4, -0.2) is 55.9 Å². The molecule has 7 aromatic carbocycles. The molecule has 2 N–H and O–H groups in total. The van der Waals surface area contributed by atoms with Gasteiger partial charge in [-0.25, -0.2) is 0 Å². The Balaban J connectivity index is 0.000000157. The number of phenolic OH excluding ortho intramolecular Hbond substituents is 2. The summed E-state index contributed by atoms with van der Waals surface area (Å²) in [6.07, 6.45) is 0. The van der Waals surface area contributed by atoms with Gasteiger partial charge in [0.15, 0.2) is 0 Å². The molecule has 1 fully saturated rings. The van der Waals surface area contributed by atoms with Gasteiger partial charge in [0, 0.05) is 27.4 Å². The lowest BCUT2D eigenvalue weighted by Crippen LogP contribution is -2.69. The third-order valence-electron chi connectivity index (χ3n) is 9.91. The van der Waals surface area contributed by atoms with Crippen LogP contribution in [0.25, 0.3) is 54.2 Å². The first-order chi connectivity index (χ1) is 24.1. The van der Waals surface area contributed by atoms with Crippen molar-refractivity contribution in [1.82, 2.24) is 9.80 Å². The quantitative estimate of drug-likeness (QED) is 0.110. The van der Waals surface area contributed by atoms with Crippen LogP contribution in [-0.2, 0) is 4.79 Å². The third-order valence-corrected chi connectivity index (χ3v) is 9.91. The topological polar surface area (TPSA) is 98.2 Å². The van der Waals surface area contributed by atoms with Crippen molar-refractivity contribution in [2.45, 2.75) is 32.4 Å². The van der Waals surface area contributed by atoms with Crippen LogP contribution in [0.2, 0.25) is 0 Å². The van der Waals surface area contributed by atoms with E-state index in [4.69, 9.17) is 0 Å². The van der Waals surface area contributed by atoms with E-state index in [0.29, 0.717) is 28.8 Å². The number of carbonyl (C=O) groups is 3. The predicted octanol–water partition coefficient (Wildman–Crippen LogP) is 8.67. The van der Waals surface area contributed by atoms with Crippen LogP contribution < -0.4 is 0 Å². The second-order valence-corrected chi connectivity index (χ2v) is 13.8. The molecule has 0 spiro atoms. The molecule has 1 saturated heterocycles. The van der Waals surface area contributed by atoms with Gasteiger partial charge in [0.25, 0.3) is 11.8 Å². The monoisotopic (exact) mass is 658 g/mol. The minimum absolute atomic E-state index is 0.160. The highest BCUT2D eigenvalue weighted by Crippen LogP contribution is 2.50. The van der Waals surface area contributed by atoms with Gasteiger partial charge in [-0.3, -0.25) is 19.3 Å². The van der Waals surface area contributed by atoms with E-state index in [-0.39, 0.29) is 34.8 Å². The summed E-state index contributed by atoms with van der Waals surface area (Å²) < 4.78 is 0. The maximum atomic E-state index is 12.3. The minimum atomic E-state index is -0.651. The first-order valence-corrected chi connectivity index (χ1v) is 16.6. The van der Waals surface area contributed by atoms with Crippen LogP contribution in [0.15, 0.2) is 121 Å². The van der Waals surface area contributed by atoms with Gasteiger partial charge in [-0.2, -0.15) is 0 Å². The number of amides is 3. The van der Waals surface area contributed by atoms with Gasteiger partial charge in [0.05, 0.1) is 17.7 Å². The fraction of sp³-hybridized carbons (Fsp3) is 0.140. The number of aromatic hydroxyl groups is 2. The zero-order chi connectivity index (χ0) is 34.9. The molecule has 3 amide bonds. The molecule has 7 aromatic rings. The summed E-state index contributed by atoms with van der Waals surface area (Å²) >= 11 is 0. The minimum Gasteiger partial charge on any atom is -0.507 e. The lowest BCUT2D eigenvalue weighted by molar-refractivity contribution is -0.154. The predicted molar refractivity (Wildman–Crippen MR) is 197 cm³/mol. The Morgan fingerprint density at radius 3 is 1.18 bits per heavy atom. The SMILES string of the molecule is CC(C)(C)N1CC(N2C(=O)c3ccccc3C2=O)C1=O.Oc1c(-c2c(O)c3ccccc3c3ccccc23)c2ccccc2c2ccccc12. The van der Waals surface area contributed by atoms with Crippen LogP contribution in [0.1, 0.15) is 41.5 Å². The molecule has 246 valence electrons. The Hall–Kier alpha value is -6.21. The van der Waals surface area contributed by atoms with Crippen LogP contribution in [0.3, 0.4) is 0 Å². The molecule has 50 heavy (non-hydrogen) atoms. The summed E-state index contributed by atoms with van der Waals surface area (Å²) in [6, 6.07) is 37.9. The van der Waals surface area contributed by atoms with Crippen molar-refractivity contribution in [3.05, 3.63) is 132 Å². The molecule has 1 atom stereocenters. The maximum Gasteiger partial charge on any atom is 0.262 e. The zero-order valence-corrected chi connectivity index (χ0v) is 27.8. The zero-order valence-electron chi connectivity index (χ0n) is 27.8. The number of fused-ring (bicyclic) bond motifs is 7. The van der Waals surface area contributed by atoms with Crippen LogP contribution in [0, 0.1) is 0 Å². The number of imide groups is 1. The fourth-order valence-corrected chi connectivity index (χ4v) is 7.45. The number of benzene rings is 7. The highest BCUT2D eigenvalue weighted by atomic mass is 16.3. The molecule has 0 aliphatic carbocycles. The van der Waals surface area contributed by atoms with E-state index in [1.807, 2.05) is 106 Å². The summed E-state index contributed by atoms with van der Waals surface area (Å²) in [6.45, 7) is 6.21. The number of hydrogen-bond acceptors (Lipinski definition) is 5. The number of nitrogens with zero attached hydrogens (tertiary/aromatic N) is 2. The molecule has 0 saturated carbocycles. The highest BCUT2D eigenvalue weighted by Gasteiger charge is 2.52. The molecular formula is C43H34N2O5. The molecule has 0 radical (unpaired) electrons. The van der Waals surface area contributed by atoms with Crippen molar-refractivity contribution in [2.75, 3.05) is 6.54 Å². The maximum absolute atomic E-state index is 12.3. The average Bonchev–Trinajstić information content (AvgIpc) is 3.37. The molecule has 1 unspecified atom stereocenters. The van der Waals surface area contributed by atoms with Gasteiger partial charge >= 0.3 is 0 Å². The summed E-state index contributed by atoms with van der Waals surface area (Å²) in [7, 11) is 0. The molecule has 2 aliphatic rings. The van der Waals surface area contributed by atoms with E-state index in [9.17, 15) is 24.6 Å². The van der Waals surface area contributed by atoms with Crippen molar-refractivity contribution in [1.29, 1.82) is 0 Å². The lowest BCUT2D eigenvalue weighted by atomic mass is 9.87. The number of likely N-dealkylation sites (tertiary alicyclic amines) is 1. The van der Waals surface area contributed by atoms with Crippen molar-refractivity contribution in [3.63, 3.8) is 0 Å². The van der Waals surface area contributed by atoms with E-state index in [0.717, 1.165) is 48.0 Å². The number of hydrogen-bond donors (Lipinski definition) is 2. The van der Waals surface area contributed by atoms with E-state index < -0.39 is 6.04 Å².